The Bertz CT molecular complexity index is 590. The lowest BCUT2D eigenvalue weighted by Crippen LogP contribution is -2.16. The van der Waals surface area contributed by atoms with E-state index in [2.05, 4.69) is 5.32 Å². The Kier molecular flexibility index (Phi) is 5.12. The molecule has 0 aliphatic heterocycles. The minimum Gasteiger partial charge on any atom is -0.496 e. The number of rotatable bonds is 5. The zero-order valence-corrected chi connectivity index (χ0v) is 12.4. The van der Waals surface area contributed by atoms with Gasteiger partial charge in [-0.05, 0) is 30.3 Å². The monoisotopic (exact) mass is 311 g/mol. The van der Waals surface area contributed by atoms with Crippen molar-refractivity contribution in [3.63, 3.8) is 0 Å². The third kappa shape index (κ3) is 3.37. The molecule has 0 saturated heterocycles. The first-order valence-electron chi connectivity index (χ1n) is 6.11. The number of halogens is 2. The van der Waals surface area contributed by atoms with Crippen molar-refractivity contribution in [3.05, 3.63) is 58.1 Å². The number of hydrogen-bond donors (Lipinski definition) is 2. The van der Waals surface area contributed by atoms with Crippen LogP contribution in [0.1, 0.15) is 11.6 Å². The fourth-order valence-electron chi connectivity index (χ4n) is 2.02. The van der Waals surface area contributed by atoms with Crippen LogP contribution in [0, 0.1) is 0 Å². The molecule has 0 bridgehead atoms. The van der Waals surface area contributed by atoms with E-state index in [4.69, 9.17) is 27.9 Å². The Morgan fingerprint density at radius 2 is 1.95 bits per heavy atom. The highest BCUT2D eigenvalue weighted by Crippen LogP contribution is 2.34. The summed E-state index contributed by atoms with van der Waals surface area (Å²) in [5.41, 5.74) is 1.53. The number of benzene rings is 2. The zero-order chi connectivity index (χ0) is 14.5. The third-order valence-corrected chi connectivity index (χ3v) is 3.49. The van der Waals surface area contributed by atoms with Gasteiger partial charge in [-0.2, -0.15) is 0 Å². The van der Waals surface area contributed by atoms with Crippen LogP contribution in [0.4, 0.5) is 5.69 Å². The third-order valence-electron chi connectivity index (χ3n) is 2.93. The summed E-state index contributed by atoms with van der Waals surface area (Å²) in [7, 11) is 1.57. The molecule has 0 fully saturated rings. The van der Waals surface area contributed by atoms with E-state index in [0.29, 0.717) is 15.8 Å². The average molecular weight is 312 g/mol. The summed E-state index contributed by atoms with van der Waals surface area (Å²) in [6, 6.07) is 12.3. The summed E-state index contributed by atoms with van der Waals surface area (Å²) >= 11 is 12.2. The number of hydrogen-bond acceptors (Lipinski definition) is 3. The van der Waals surface area contributed by atoms with Crippen LogP contribution in [-0.2, 0) is 0 Å². The molecule has 0 aromatic heterocycles. The highest BCUT2D eigenvalue weighted by molar-refractivity contribution is 6.31. The molecule has 2 rings (SSSR count). The van der Waals surface area contributed by atoms with E-state index in [-0.39, 0.29) is 12.6 Å². The second-order valence-electron chi connectivity index (χ2n) is 4.25. The van der Waals surface area contributed by atoms with Gasteiger partial charge >= 0.3 is 0 Å². The molecule has 0 heterocycles. The second kappa shape index (κ2) is 6.84. The van der Waals surface area contributed by atoms with Gasteiger partial charge in [0.05, 0.1) is 19.8 Å². The minimum absolute atomic E-state index is 0.118. The second-order valence-corrected chi connectivity index (χ2v) is 5.09. The van der Waals surface area contributed by atoms with Gasteiger partial charge in [-0.1, -0.05) is 35.3 Å². The van der Waals surface area contributed by atoms with Crippen molar-refractivity contribution < 1.29 is 9.84 Å². The largest absolute Gasteiger partial charge is 0.496 e. The van der Waals surface area contributed by atoms with Crippen molar-refractivity contribution in [3.8, 4) is 5.75 Å². The van der Waals surface area contributed by atoms with Gasteiger partial charge in [-0.15, -0.1) is 0 Å². The lowest BCUT2D eigenvalue weighted by Gasteiger charge is -2.21. The maximum atomic E-state index is 9.64. The van der Waals surface area contributed by atoms with Gasteiger partial charge in [0, 0.05) is 21.3 Å². The van der Waals surface area contributed by atoms with Crippen molar-refractivity contribution in [1.29, 1.82) is 0 Å². The normalized spacial score (nSPS) is 12.0. The molecule has 0 amide bonds. The topological polar surface area (TPSA) is 41.5 Å². The molecule has 3 nitrogen and oxygen atoms in total. The van der Waals surface area contributed by atoms with E-state index in [1.165, 1.54) is 0 Å². The highest BCUT2D eigenvalue weighted by atomic mass is 35.5. The lowest BCUT2D eigenvalue weighted by molar-refractivity contribution is 0.273. The number of ether oxygens (including phenoxy) is 1. The van der Waals surface area contributed by atoms with Gasteiger partial charge in [0.1, 0.15) is 5.75 Å². The molecule has 1 unspecified atom stereocenters. The predicted molar refractivity (Wildman–Crippen MR) is 82.9 cm³/mol. The summed E-state index contributed by atoms with van der Waals surface area (Å²) in [6.07, 6.45) is 0. The van der Waals surface area contributed by atoms with Crippen LogP contribution in [-0.4, -0.2) is 18.8 Å². The Balaban J connectivity index is 2.33. The minimum atomic E-state index is -0.378. The molecule has 0 radical (unpaired) electrons. The van der Waals surface area contributed by atoms with Crippen LogP contribution in [0.3, 0.4) is 0 Å². The summed E-state index contributed by atoms with van der Waals surface area (Å²) in [5, 5.41) is 14.0. The van der Waals surface area contributed by atoms with E-state index in [0.717, 1.165) is 11.3 Å². The fraction of sp³-hybridized carbons (Fsp3) is 0.200. The molecule has 106 valence electrons. The first kappa shape index (κ1) is 15.0. The highest BCUT2D eigenvalue weighted by Gasteiger charge is 2.18. The number of methoxy groups -OCH3 is 1. The predicted octanol–water partition coefficient (Wildman–Crippen LogP) is 4.15. The number of aliphatic hydroxyl groups excluding tert-OH is 1. The molecule has 2 aromatic rings. The Hall–Kier alpha value is -1.42. The molecule has 2 N–H and O–H groups in total. The quantitative estimate of drug-likeness (QED) is 0.871. The van der Waals surface area contributed by atoms with E-state index < -0.39 is 0 Å². The van der Waals surface area contributed by atoms with Crippen LogP contribution in [0.2, 0.25) is 10.0 Å². The molecule has 0 aliphatic carbocycles. The van der Waals surface area contributed by atoms with Gasteiger partial charge < -0.3 is 15.2 Å². The van der Waals surface area contributed by atoms with Gasteiger partial charge in [0.2, 0.25) is 0 Å². The Morgan fingerprint density at radius 1 is 1.20 bits per heavy atom. The molecule has 0 spiro atoms. The first-order valence-corrected chi connectivity index (χ1v) is 6.86. The smallest absolute Gasteiger partial charge is 0.125 e. The molecular weight excluding hydrogens is 297 g/mol. The van der Waals surface area contributed by atoms with E-state index in [1.54, 1.807) is 31.4 Å². The summed E-state index contributed by atoms with van der Waals surface area (Å²) in [4.78, 5) is 0. The number of aliphatic hydroxyl groups is 1. The van der Waals surface area contributed by atoms with Crippen LogP contribution in [0.15, 0.2) is 42.5 Å². The van der Waals surface area contributed by atoms with E-state index >= 15 is 0 Å². The van der Waals surface area contributed by atoms with Gasteiger partial charge in [-0.3, -0.25) is 0 Å². The Labute approximate surface area is 128 Å². The maximum Gasteiger partial charge on any atom is 0.125 e. The maximum absolute atomic E-state index is 9.64. The standard InChI is InChI=1S/C15H15Cl2NO2/c1-20-14-7-3-6-12(17)15(14)13(9-19)18-11-5-2-4-10(16)8-11/h2-8,13,18-19H,9H2,1H3. The van der Waals surface area contributed by atoms with Crippen molar-refractivity contribution in [2.45, 2.75) is 6.04 Å². The van der Waals surface area contributed by atoms with Crippen LogP contribution >= 0.6 is 23.2 Å². The van der Waals surface area contributed by atoms with Gasteiger partial charge in [-0.25, -0.2) is 0 Å². The number of nitrogens with one attached hydrogen (secondary N) is 1. The summed E-state index contributed by atoms with van der Waals surface area (Å²) in [6.45, 7) is -0.118. The molecular formula is C15H15Cl2NO2. The summed E-state index contributed by atoms with van der Waals surface area (Å²) in [5.74, 6) is 0.631. The van der Waals surface area contributed by atoms with Crippen LogP contribution in [0.25, 0.3) is 0 Å². The molecule has 2 aromatic carbocycles. The lowest BCUT2D eigenvalue weighted by atomic mass is 10.1. The van der Waals surface area contributed by atoms with Gasteiger partial charge in [0.15, 0.2) is 0 Å². The van der Waals surface area contributed by atoms with Gasteiger partial charge in [0.25, 0.3) is 0 Å². The first-order chi connectivity index (χ1) is 9.65. The van der Waals surface area contributed by atoms with Crippen molar-refractivity contribution in [1.82, 2.24) is 0 Å². The molecule has 0 aliphatic rings. The van der Waals surface area contributed by atoms with E-state index in [1.807, 2.05) is 18.2 Å². The van der Waals surface area contributed by atoms with Crippen molar-refractivity contribution in [2.75, 3.05) is 19.0 Å². The Morgan fingerprint density at radius 3 is 2.60 bits per heavy atom. The fourth-order valence-corrected chi connectivity index (χ4v) is 2.51. The SMILES string of the molecule is COc1cccc(Cl)c1C(CO)Nc1cccc(Cl)c1. The van der Waals surface area contributed by atoms with Crippen molar-refractivity contribution in [2.24, 2.45) is 0 Å². The molecule has 5 heteroatoms. The molecule has 20 heavy (non-hydrogen) atoms. The molecule has 0 saturated carbocycles. The van der Waals surface area contributed by atoms with Crippen molar-refractivity contribution >= 4 is 28.9 Å². The molecule has 1 atom stereocenters. The summed E-state index contributed by atoms with van der Waals surface area (Å²) < 4.78 is 5.31. The van der Waals surface area contributed by atoms with Crippen LogP contribution in [0.5, 0.6) is 5.75 Å². The average Bonchev–Trinajstić information content (AvgIpc) is 2.45. The number of anilines is 1. The van der Waals surface area contributed by atoms with E-state index in [9.17, 15) is 5.11 Å². The van der Waals surface area contributed by atoms with Crippen LogP contribution < -0.4 is 10.1 Å². The zero-order valence-electron chi connectivity index (χ0n) is 10.9.